The number of anilines is 1. The summed E-state index contributed by atoms with van der Waals surface area (Å²) < 4.78 is 29.9. The Morgan fingerprint density at radius 1 is 1.18 bits per heavy atom. The summed E-state index contributed by atoms with van der Waals surface area (Å²) >= 11 is -2.41. The SMILES string of the molecule is Cc1cc(-c2ccccc2)c(NS(=O)[O-])cc1-c1ncco1. The number of aromatic nitrogens is 1. The van der Waals surface area contributed by atoms with Gasteiger partial charge in [-0.15, -0.1) is 0 Å². The summed E-state index contributed by atoms with van der Waals surface area (Å²) in [6.45, 7) is 1.93. The van der Waals surface area contributed by atoms with Crippen molar-refractivity contribution < 1.29 is 13.2 Å². The maximum absolute atomic E-state index is 11.1. The van der Waals surface area contributed by atoms with Crippen LogP contribution in [0.3, 0.4) is 0 Å². The molecule has 0 fully saturated rings. The largest absolute Gasteiger partial charge is 0.755 e. The smallest absolute Gasteiger partial charge is 0.226 e. The van der Waals surface area contributed by atoms with Crippen LogP contribution in [0.25, 0.3) is 22.6 Å². The molecular weight excluding hydrogens is 300 g/mol. The summed E-state index contributed by atoms with van der Waals surface area (Å²) in [5.74, 6) is 0.455. The van der Waals surface area contributed by atoms with Crippen LogP contribution in [-0.2, 0) is 11.3 Å². The Kier molecular flexibility index (Phi) is 4.04. The molecule has 0 aliphatic carbocycles. The molecular formula is C16H13N2O3S-. The van der Waals surface area contributed by atoms with Crippen molar-refractivity contribution in [3.8, 4) is 22.6 Å². The number of oxazole rings is 1. The van der Waals surface area contributed by atoms with E-state index in [4.69, 9.17) is 4.42 Å². The van der Waals surface area contributed by atoms with Gasteiger partial charge in [0.25, 0.3) is 0 Å². The molecule has 0 saturated carbocycles. The van der Waals surface area contributed by atoms with E-state index < -0.39 is 11.3 Å². The molecule has 3 rings (SSSR count). The third-order valence-electron chi connectivity index (χ3n) is 3.31. The van der Waals surface area contributed by atoms with Crippen LogP contribution in [0.5, 0.6) is 0 Å². The van der Waals surface area contributed by atoms with Gasteiger partial charge >= 0.3 is 0 Å². The van der Waals surface area contributed by atoms with Gasteiger partial charge in [-0.3, -0.25) is 4.21 Å². The lowest BCUT2D eigenvalue weighted by atomic mass is 9.98. The van der Waals surface area contributed by atoms with Gasteiger partial charge in [0.15, 0.2) is 0 Å². The first-order chi connectivity index (χ1) is 10.6. The number of hydrogen-bond acceptors (Lipinski definition) is 4. The van der Waals surface area contributed by atoms with Crippen molar-refractivity contribution in [2.45, 2.75) is 6.92 Å². The lowest BCUT2D eigenvalue weighted by molar-refractivity contribution is 0.542. The van der Waals surface area contributed by atoms with E-state index in [-0.39, 0.29) is 0 Å². The van der Waals surface area contributed by atoms with E-state index in [1.807, 2.05) is 43.3 Å². The molecule has 1 atom stereocenters. The van der Waals surface area contributed by atoms with Gasteiger partial charge in [-0.2, -0.15) is 0 Å². The van der Waals surface area contributed by atoms with E-state index in [0.29, 0.717) is 11.6 Å². The van der Waals surface area contributed by atoms with E-state index in [0.717, 1.165) is 22.3 Å². The molecule has 1 heterocycles. The predicted molar refractivity (Wildman–Crippen MR) is 84.7 cm³/mol. The van der Waals surface area contributed by atoms with E-state index >= 15 is 0 Å². The maximum atomic E-state index is 11.1. The summed E-state index contributed by atoms with van der Waals surface area (Å²) in [7, 11) is 0. The minimum Gasteiger partial charge on any atom is -0.755 e. The first kappa shape index (κ1) is 14.5. The van der Waals surface area contributed by atoms with E-state index in [1.54, 1.807) is 12.3 Å². The highest BCUT2D eigenvalue weighted by molar-refractivity contribution is 7.80. The third kappa shape index (κ3) is 2.93. The number of benzene rings is 2. The fourth-order valence-electron chi connectivity index (χ4n) is 2.33. The second-order valence-electron chi connectivity index (χ2n) is 4.75. The highest BCUT2D eigenvalue weighted by Gasteiger charge is 2.13. The molecule has 5 nitrogen and oxygen atoms in total. The van der Waals surface area contributed by atoms with Crippen LogP contribution in [0.15, 0.2) is 59.3 Å². The standard InChI is InChI=1S/C16H14N2O3S/c1-11-9-14(12-5-3-2-4-6-12)15(18-22(19)20)10-13(11)16-17-7-8-21-16/h2-10,18H,1H3,(H,19,20)/p-1. The number of nitrogens with one attached hydrogen (secondary N) is 1. The number of hydrogen-bond donors (Lipinski definition) is 1. The van der Waals surface area contributed by atoms with Crippen LogP contribution in [-0.4, -0.2) is 13.7 Å². The lowest BCUT2D eigenvalue weighted by Crippen LogP contribution is -2.04. The van der Waals surface area contributed by atoms with Crippen molar-refractivity contribution in [2.75, 3.05) is 4.72 Å². The fraction of sp³-hybridized carbons (Fsp3) is 0.0625. The molecule has 2 aromatic carbocycles. The molecule has 0 saturated heterocycles. The Labute approximate surface area is 130 Å². The van der Waals surface area contributed by atoms with Crippen LogP contribution in [0.2, 0.25) is 0 Å². The normalized spacial score (nSPS) is 12.1. The molecule has 0 bridgehead atoms. The van der Waals surface area contributed by atoms with Crippen LogP contribution in [0.1, 0.15) is 5.56 Å². The Balaban J connectivity index is 2.18. The van der Waals surface area contributed by atoms with Gasteiger partial charge < -0.3 is 13.7 Å². The molecule has 112 valence electrons. The van der Waals surface area contributed by atoms with Crippen molar-refractivity contribution in [1.29, 1.82) is 0 Å². The highest BCUT2D eigenvalue weighted by atomic mass is 32.2. The molecule has 0 spiro atoms. The second-order valence-corrected chi connectivity index (χ2v) is 5.43. The molecule has 6 heteroatoms. The summed E-state index contributed by atoms with van der Waals surface area (Å²) in [6, 6.07) is 13.2. The number of aryl methyl sites for hydroxylation is 1. The summed E-state index contributed by atoms with van der Waals surface area (Å²) in [5.41, 5.74) is 3.91. The van der Waals surface area contributed by atoms with Gasteiger partial charge in [-0.1, -0.05) is 30.3 Å². The first-order valence-corrected chi connectivity index (χ1v) is 7.68. The molecule has 0 amide bonds. The van der Waals surface area contributed by atoms with E-state index in [2.05, 4.69) is 9.71 Å². The molecule has 1 unspecified atom stereocenters. The predicted octanol–water partition coefficient (Wildman–Crippen LogP) is 3.52. The fourth-order valence-corrected chi connectivity index (χ4v) is 2.67. The van der Waals surface area contributed by atoms with Gasteiger partial charge in [-0.25, -0.2) is 4.98 Å². The molecule has 0 aliphatic heterocycles. The maximum Gasteiger partial charge on any atom is 0.226 e. The second kappa shape index (κ2) is 6.13. The zero-order valence-electron chi connectivity index (χ0n) is 11.8. The van der Waals surface area contributed by atoms with Crippen LogP contribution in [0.4, 0.5) is 5.69 Å². The Hall–Kier alpha value is -2.44. The van der Waals surface area contributed by atoms with Crippen molar-refractivity contribution in [1.82, 2.24) is 4.98 Å². The lowest BCUT2D eigenvalue weighted by Gasteiger charge is -2.16. The van der Waals surface area contributed by atoms with Gasteiger partial charge in [-0.05, 0) is 30.2 Å². The van der Waals surface area contributed by atoms with Gasteiger partial charge in [0.2, 0.25) is 5.89 Å². The molecule has 0 aliphatic rings. The summed E-state index contributed by atoms with van der Waals surface area (Å²) in [6.07, 6.45) is 3.04. The molecule has 1 N–H and O–H groups in total. The van der Waals surface area contributed by atoms with Gasteiger partial charge in [0.05, 0.1) is 11.9 Å². The van der Waals surface area contributed by atoms with E-state index in [9.17, 15) is 8.76 Å². The zero-order valence-corrected chi connectivity index (χ0v) is 12.6. The molecule has 22 heavy (non-hydrogen) atoms. The van der Waals surface area contributed by atoms with Crippen LogP contribution >= 0.6 is 0 Å². The summed E-state index contributed by atoms with van der Waals surface area (Å²) in [5, 5.41) is 0. The van der Waals surface area contributed by atoms with Gasteiger partial charge in [0, 0.05) is 22.4 Å². The Bertz CT molecular complexity index is 802. The monoisotopic (exact) mass is 313 g/mol. The summed E-state index contributed by atoms with van der Waals surface area (Å²) in [4.78, 5) is 4.12. The Morgan fingerprint density at radius 2 is 1.95 bits per heavy atom. The van der Waals surface area contributed by atoms with Crippen molar-refractivity contribution in [3.63, 3.8) is 0 Å². The molecule has 3 aromatic rings. The first-order valence-electron chi connectivity index (χ1n) is 6.61. The minimum atomic E-state index is -2.41. The van der Waals surface area contributed by atoms with Crippen LogP contribution < -0.4 is 4.72 Å². The van der Waals surface area contributed by atoms with Crippen molar-refractivity contribution in [2.24, 2.45) is 0 Å². The highest BCUT2D eigenvalue weighted by Crippen LogP contribution is 2.34. The quantitative estimate of drug-likeness (QED) is 0.747. The third-order valence-corrected chi connectivity index (χ3v) is 3.69. The Morgan fingerprint density at radius 3 is 2.59 bits per heavy atom. The van der Waals surface area contributed by atoms with Gasteiger partial charge in [0.1, 0.15) is 6.26 Å². The van der Waals surface area contributed by atoms with Crippen molar-refractivity contribution >= 4 is 17.0 Å². The number of rotatable bonds is 4. The molecule has 1 aromatic heterocycles. The zero-order chi connectivity index (χ0) is 15.5. The molecule has 0 radical (unpaired) electrons. The van der Waals surface area contributed by atoms with Crippen LogP contribution in [0, 0.1) is 6.92 Å². The minimum absolute atomic E-state index is 0.455. The van der Waals surface area contributed by atoms with E-state index in [1.165, 1.54) is 6.26 Å². The number of nitrogens with zero attached hydrogens (tertiary/aromatic N) is 1. The topological polar surface area (TPSA) is 78.2 Å². The van der Waals surface area contributed by atoms with Crippen molar-refractivity contribution in [3.05, 3.63) is 60.5 Å². The average Bonchev–Trinajstić information content (AvgIpc) is 3.03. The average molecular weight is 313 g/mol.